The molecular weight excluding hydrogens is 362 g/mol. The highest BCUT2D eigenvalue weighted by atomic mass is 32.1. The van der Waals surface area contributed by atoms with E-state index in [1.165, 1.54) is 16.9 Å². The van der Waals surface area contributed by atoms with Crippen LogP contribution in [-0.2, 0) is 11.3 Å². The number of thiophene rings is 1. The van der Waals surface area contributed by atoms with Crippen LogP contribution in [0.5, 0.6) is 5.75 Å². The lowest BCUT2D eigenvalue weighted by molar-refractivity contribution is -0.130. The molecule has 0 unspecified atom stereocenters. The first-order valence-corrected chi connectivity index (χ1v) is 9.98. The molecule has 2 aromatic rings. The number of hydrogen-bond donors (Lipinski definition) is 1. The van der Waals surface area contributed by atoms with E-state index in [4.69, 9.17) is 4.74 Å². The zero-order valence-electron chi connectivity index (χ0n) is 15.5. The molecule has 1 aromatic heterocycles. The molecule has 1 aliphatic rings. The van der Waals surface area contributed by atoms with Gasteiger partial charge in [0.25, 0.3) is 5.91 Å². The summed E-state index contributed by atoms with van der Waals surface area (Å²) < 4.78 is 5.20. The van der Waals surface area contributed by atoms with Crippen molar-refractivity contribution in [1.29, 1.82) is 0 Å². The van der Waals surface area contributed by atoms with Crippen molar-refractivity contribution in [1.82, 2.24) is 15.1 Å². The summed E-state index contributed by atoms with van der Waals surface area (Å²) in [6.07, 6.45) is 0.931. The minimum atomic E-state index is -0.186. The van der Waals surface area contributed by atoms with Gasteiger partial charge in [-0.1, -0.05) is 18.2 Å². The molecule has 144 valence electrons. The van der Waals surface area contributed by atoms with Gasteiger partial charge in [0.1, 0.15) is 5.75 Å². The fraction of sp³-hybridized carbons (Fsp3) is 0.400. The number of carbonyl (C=O) groups excluding carboxylic acids is 2. The third kappa shape index (κ3) is 5.55. The largest absolute Gasteiger partial charge is 0.497 e. The molecule has 1 aliphatic heterocycles. The fourth-order valence-corrected chi connectivity index (χ4v) is 3.77. The van der Waals surface area contributed by atoms with Gasteiger partial charge in [-0.25, -0.2) is 0 Å². The molecule has 27 heavy (non-hydrogen) atoms. The molecule has 0 bridgehead atoms. The molecule has 2 amide bonds. The number of rotatable bonds is 6. The van der Waals surface area contributed by atoms with E-state index in [-0.39, 0.29) is 18.4 Å². The Morgan fingerprint density at radius 1 is 1.11 bits per heavy atom. The SMILES string of the molecule is COc1ccc(CN2CCCN(C(=O)CNC(=O)c3cccs3)CC2)cc1. The Kier molecular flexibility index (Phi) is 6.84. The Labute approximate surface area is 163 Å². The van der Waals surface area contributed by atoms with Crippen molar-refractivity contribution in [2.24, 2.45) is 0 Å². The monoisotopic (exact) mass is 387 g/mol. The lowest BCUT2D eigenvalue weighted by Crippen LogP contribution is -2.41. The third-order valence-electron chi connectivity index (χ3n) is 4.65. The second-order valence-electron chi connectivity index (χ2n) is 6.52. The summed E-state index contributed by atoms with van der Waals surface area (Å²) in [6.45, 7) is 4.11. The molecule has 0 saturated carbocycles. The first-order chi connectivity index (χ1) is 13.2. The van der Waals surface area contributed by atoms with Crippen molar-refractivity contribution < 1.29 is 14.3 Å². The van der Waals surface area contributed by atoms with E-state index in [0.29, 0.717) is 11.4 Å². The molecule has 0 spiro atoms. The number of amides is 2. The van der Waals surface area contributed by atoms with Gasteiger partial charge in [0.2, 0.25) is 5.91 Å². The Morgan fingerprint density at radius 2 is 1.93 bits per heavy atom. The van der Waals surface area contributed by atoms with E-state index in [9.17, 15) is 9.59 Å². The lowest BCUT2D eigenvalue weighted by Gasteiger charge is -2.22. The molecule has 1 saturated heterocycles. The zero-order chi connectivity index (χ0) is 19.1. The molecule has 6 nitrogen and oxygen atoms in total. The van der Waals surface area contributed by atoms with Crippen LogP contribution in [0.2, 0.25) is 0 Å². The highest BCUT2D eigenvalue weighted by Crippen LogP contribution is 2.14. The van der Waals surface area contributed by atoms with Gasteiger partial charge in [-0.05, 0) is 35.6 Å². The second-order valence-corrected chi connectivity index (χ2v) is 7.47. The number of ether oxygens (including phenoxy) is 1. The van der Waals surface area contributed by atoms with Crippen LogP contribution in [0.1, 0.15) is 21.7 Å². The van der Waals surface area contributed by atoms with Crippen molar-refractivity contribution >= 4 is 23.2 Å². The summed E-state index contributed by atoms with van der Waals surface area (Å²) in [7, 11) is 1.66. The molecule has 0 atom stereocenters. The van der Waals surface area contributed by atoms with Gasteiger partial charge in [-0.15, -0.1) is 11.3 Å². The third-order valence-corrected chi connectivity index (χ3v) is 5.52. The van der Waals surface area contributed by atoms with Crippen molar-refractivity contribution in [3.05, 3.63) is 52.2 Å². The number of hydrogen-bond acceptors (Lipinski definition) is 5. The Hall–Kier alpha value is -2.38. The first kappa shape index (κ1) is 19.4. The second kappa shape index (κ2) is 9.53. The van der Waals surface area contributed by atoms with E-state index in [1.54, 1.807) is 13.2 Å². The Morgan fingerprint density at radius 3 is 2.63 bits per heavy atom. The van der Waals surface area contributed by atoms with Crippen LogP contribution in [-0.4, -0.2) is 61.4 Å². The molecule has 0 radical (unpaired) electrons. The number of nitrogens with zero attached hydrogens (tertiary/aromatic N) is 2. The van der Waals surface area contributed by atoms with Gasteiger partial charge < -0.3 is 15.0 Å². The summed E-state index contributed by atoms with van der Waals surface area (Å²) in [4.78, 5) is 29.3. The maximum absolute atomic E-state index is 12.4. The first-order valence-electron chi connectivity index (χ1n) is 9.10. The Bertz CT molecular complexity index is 746. The van der Waals surface area contributed by atoms with E-state index in [2.05, 4.69) is 22.3 Å². The average molecular weight is 388 g/mol. The molecule has 7 heteroatoms. The van der Waals surface area contributed by atoms with E-state index >= 15 is 0 Å². The summed E-state index contributed by atoms with van der Waals surface area (Å²) in [5, 5.41) is 4.57. The predicted octanol–water partition coefficient (Wildman–Crippen LogP) is 2.22. The van der Waals surface area contributed by atoms with E-state index < -0.39 is 0 Å². The topological polar surface area (TPSA) is 61.9 Å². The minimum Gasteiger partial charge on any atom is -0.497 e. The molecular formula is C20H25N3O3S. The zero-order valence-corrected chi connectivity index (χ0v) is 16.3. The average Bonchev–Trinajstić information content (AvgIpc) is 3.14. The van der Waals surface area contributed by atoms with Crippen LogP contribution in [0.25, 0.3) is 0 Å². The molecule has 3 rings (SSSR count). The standard InChI is InChI=1S/C20H25N3O3S/c1-26-17-7-5-16(6-8-17)15-22-9-3-10-23(12-11-22)19(24)14-21-20(25)18-4-2-13-27-18/h2,4-8,13H,3,9-12,14-15H2,1H3,(H,21,25). The fourth-order valence-electron chi connectivity index (χ4n) is 3.13. The maximum atomic E-state index is 12.4. The summed E-state index contributed by atoms with van der Waals surface area (Å²) in [6, 6.07) is 11.7. The minimum absolute atomic E-state index is 0.0220. The predicted molar refractivity (Wildman–Crippen MR) is 106 cm³/mol. The van der Waals surface area contributed by atoms with Crippen molar-refractivity contribution in [2.45, 2.75) is 13.0 Å². The van der Waals surface area contributed by atoms with E-state index in [1.807, 2.05) is 28.5 Å². The summed E-state index contributed by atoms with van der Waals surface area (Å²) in [5.74, 6) is 0.650. The van der Waals surface area contributed by atoms with Crippen LogP contribution < -0.4 is 10.1 Å². The smallest absolute Gasteiger partial charge is 0.261 e. The molecule has 1 N–H and O–H groups in total. The summed E-state index contributed by atoms with van der Waals surface area (Å²) in [5.41, 5.74) is 1.23. The van der Waals surface area contributed by atoms with Crippen LogP contribution in [0.15, 0.2) is 41.8 Å². The van der Waals surface area contributed by atoms with Crippen LogP contribution in [0.4, 0.5) is 0 Å². The number of nitrogens with one attached hydrogen (secondary N) is 1. The maximum Gasteiger partial charge on any atom is 0.261 e. The van der Waals surface area contributed by atoms with Gasteiger partial charge >= 0.3 is 0 Å². The van der Waals surface area contributed by atoms with Crippen LogP contribution >= 0.6 is 11.3 Å². The molecule has 1 aromatic carbocycles. The van der Waals surface area contributed by atoms with Gasteiger partial charge in [0.05, 0.1) is 18.5 Å². The highest BCUT2D eigenvalue weighted by Gasteiger charge is 2.20. The van der Waals surface area contributed by atoms with Gasteiger partial charge in [-0.3, -0.25) is 14.5 Å². The van der Waals surface area contributed by atoms with Gasteiger partial charge in [0.15, 0.2) is 0 Å². The quantitative estimate of drug-likeness (QED) is 0.826. The van der Waals surface area contributed by atoms with Crippen molar-refractivity contribution in [3.8, 4) is 5.75 Å². The molecule has 0 aliphatic carbocycles. The van der Waals surface area contributed by atoms with Crippen molar-refractivity contribution in [3.63, 3.8) is 0 Å². The number of methoxy groups -OCH3 is 1. The van der Waals surface area contributed by atoms with Crippen LogP contribution in [0, 0.1) is 0 Å². The van der Waals surface area contributed by atoms with Gasteiger partial charge in [-0.2, -0.15) is 0 Å². The normalized spacial score (nSPS) is 15.2. The highest BCUT2D eigenvalue weighted by molar-refractivity contribution is 7.12. The number of carbonyl (C=O) groups is 2. The van der Waals surface area contributed by atoms with Gasteiger partial charge in [0, 0.05) is 32.7 Å². The van der Waals surface area contributed by atoms with Crippen molar-refractivity contribution in [2.75, 3.05) is 39.8 Å². The molecule has 1 fully saturated rings. The number of benzene rings is 1. The van der Waals surface area contributed by atoms with E-state index in [0.717, 1.165) is 38.3 Å². The van der Waals surface area contributed by atoms with Crippen LogP contribution in [0.3, 0.4) is 0 Å². The lowest BCUT2D eigenvalue weighted by atomic mass is 10.2. The summed E-state index contributed by atoms with van der Waals surface area (Å²) >= 11 is 1.37. The molecule has 2 heterocycles. The Balaban J connectivity index is 1.45.